The van der Waals surface area contributed by atoms with Crippen molar-refractivity contribution in [2.75, 3.05) is 0 Å². The van der Waals surface area contributed by atoms with E-state index in [0.29, 0.717) is 0 Å². The van der Waals surface area contributed by atoms with E-state index in [-0.39, 0.29) is 0 Å². The molecular formula is C12H12N2O. The highest BCUT2D eigenvalue weighted by Crippen LogP contribution is 2.27. The molecule has 1 aromatic carbocycles. The summed E-state index contributed by atoms with van der Waals surface area (Å²) in [5.74, 6) is 0. The average Bonchev–Trinajstić information content (AvgIpc) is 2.31. The third-order valence-electron chi connectivity index (χ3n) is 2.48. The van der Waals surface area contributed by atoms with Crippen molar-refractivity contribution in [3.63, 3.8) is 0 Å². The summed E-state index contributed by atoms with van der Waals surface area (Å²) in [4.78, 5) is 0. The highest BCUT2D eigenvalue weighted by atomic mass is 16.3. The molecule has 1 N–H and O–H groups in total. The number of benzene rings is 1. The van der Waals surface area contributed by atoms with Crippen LogP contribution in [0.4, 0.5) is 0 Å². The summed E-state index contributed by atoms with van der Waals surface area (Å²) in [7, 11) is 0. The van der Waals surface area contributed by atoms with Crippen LogP contribution in [0.2, 0.25) is 0 Å². The monoisotopic (exact) mass is 200 g/mol. The summed E-state index contributed by atoms with van der Waals surface area (Å²) in [6, 6.07) is 11.3. The number of rotatable bonds is 2. The molecule has 76 valence electrons. The molecule has 2 rings (SSSR count). The number of hydrogen-bond donors (Lipinski definition) is 1. The van der Waals surface area contributed by atoms with Gasteiger partial charge in [-0.25, -0.2) is 0 Å². The Bertz CT molecular complexity index is 384. The Morgan fingerprint density at radius 3 is 2.33 bits per heavy atom. The number of aliphatic hydroxyl groups is 1. The van der Waals surface area contributed by atoms with Crippen LogP contribution in [0.3, 0.4) is 0 Å². The highest BCUT2D eigenvalue weighted by Gasteiger charge is 2.25. The zero-order valence-corrected chi connectivity index (χ0v) is 8.46. The van der Waals surface area contributed by atoms with E-state index in [2.05, 4.69) is 10.2 Å². The largest absolute Gasteiger partial charge is 0.381 e. The summed E-state index contributed by atoms with van der Waals surface area (Å²) in [6.45, 7) is 1.75. The van der Waals surface area contributed by atoms with E-state index in [1.165, 1.54) is 0 Å². The zero-order chi connectivity index (χ0) is 10.7. The standard InChI is InChI=1S/C12H12N2O/c1-12(15,10-5-3-2-4-6-10)11-7-8-13-14-9-11/h2-9,15H,1H3. The van der Waals surface area contributed by atoms with E-state index in [0.717, 1.165) is 11.1 Å². The van der Waals surface area contributed by atoms with Crippen LogP contribution in [-0.2, 0) is 5.60 Å². The second-order valence-electron chi connectivity index (χ2n) is 3.57. The molecule has 0 aliphatic carbocycles. The maximum absolute atomic E-state index is 10.4. The van der Waals surface area contributed by atoms with Crippen LogP contribution < -0.4 is 0 Å². The van der Waals surface area contributed by atoms with Crippen LogP contribution >= 0.6 is 0 Å². The lowest BCUT2D eigenvalue weighted by Crippen LogP contribution is -2.22. The number of aromatic nitrogens is 2. The number of nitrogens with zero attached hydrogens (tertiary/aromatic N) is 2. The lowest BCUT2D eigenvalue weighted by molar-refractivity contribution is 0.102. The predicted octanol–water partition coefficient (Wildman–Crippen LogP) is 1.73. The van der Waals surface area contributed by atoms with Crippen molar-refractivity contribution >= 4 is 0 Å². The molecule has 3 nitrogen and oxygen atoms in total. The van der Waals surface area contributed by atoms with E-state index >= 15 is 0 Å². The van der Waals surface area contributed by atoms with Crippen molar-refractivity contribution < 1.29 is 5.11 Å². The molecule has 15 heavy (non-hydrogen) atoms. The Morgan fingerprint density at radius 2 is 1.73 bits per heavy atom. The van der Waals surface area contributed by atoms with Gasteiger partial charge >= 0.3 is 0 Å². The van der Waals surface area contributed by atoms with Gasteiger partial charge in [0.25, 0.3) is 0 Å². The summed E-state index contributed by atoms with van der Waals surface area (Å²) < 4.78 is 0. The fraction of sp³-hybridized carbons (Fsp3) is 0.167. The Balaban J connectivity index is 2.44. The van der Waals surface area contributed by atoms with E-state index in [1.807, 2.05) is 30.3 Å². The van der Waals surface area contributed by atoms with Crippen molar-refractivity contribution in [1.82, 2.24) is 10.2 Å². The lowest BCUT2D eigenvalue weighted by atomic mass is 9.90. The molecule has 0 spiro atoms. The van der Waals surface area contributed by atoms with Gasteiger partial charge in [-0.1, -0.05) is 30.3 Å². The molecule has 0 aliphatic rings. The Kier molecular flexibility index (Phi) is 2.47. The van der Waals surface area contributed by atoms with E-state index in [4.69, 9.17) is 0 Å². The lowest BCUT2D eigenvalue weighted by Gasteiger charge is -2.23. The van der Waals surface area contributed by atoms with Crippen molar-refractivity contribution in [3.05, 3.63) is 59.9 Å². The first-order valence-electron chi connectivity index (χ1n) is 4.76. The van der Waals surface area contributed by atoms with Gasteiger partial charge in [-0.15, -0.1) is 0 Å². The molecule has 0 radical (unpaired) electrons. The summed E-state index contributed by atoms with van der Waals surface area (Å²) in [5, 5.41) is 17.8. The Hall–Kier alpha value is -1.74. The van der Waals surface area contributed by atoms with Gasteiger partial charge in [0.2, 0.25) is 0 Å². The van der Waals surface area contributed by atoms with Gasteiger partial charge < -0.3 is 5.11 Å². The molecule has 0 saturated heterocycles. The normalized spacial score (nSPS) is 14.5. The first kappa shape index (κ1) is 9.80. The van der Waals surface area contributed by atoms with Gasteiger partial charge in [0.15, 0.2) is 0 Å². The fourth-order valence-electron chi connectivity index (χ4n) is 1.51. The molecule has 2 aromatic rings. The van der Waals surface area contributed by atoms with Gasteiger partial charge in [-0.3, -0.25) is 0 Å². The highest BCUT2D eigenvalue weighted by molar-refractivity contribution is 5.32. The van der Waals surface area contributed by atoms with Gasteiger partial charge in [-0.2, -0.15) is 10.2 Å². The van der Waals surface area contributed by atoms with Crippen molar-refractivity contribution in [2.24, 2.45) is 0 Å². The maximum atomic E-state index is 10.4. The number of hydrogen-bond acceptors (Lipinski definition) is 3. The van der Waals surface area contributed by atoms with Gasteiger partial charge in [-0.05, 0) is 18.6 Å². The van der Waals surface area contributed by atoms with E-state index < -0.39 is 5.60 Å². The van der Waals surface area contributed by atoms with Crippen LogP contribution in [0.25, 0.3) is 0 Å². The van der Waals surface area contributed by atoms with Crippen LogP contribution in [0.5, 0.6) is 0 Å². The molecule has 3 heteroatoms. The van der Waals surface area contributed by atoms with Crippen molar-refractivity contribution in [3.8, 4) is 0 Å². The fourth-order valence-corrected chi connectivity index (χ4v) is 1.51. The molecule has 1 heterocycles. The first-order valence-corrected chi connectivity index (χ1v) is 4.76. The second-order valence-corrected chi connectivity index (χ2v) is 3.57. The molecule has 1 unspecified atom stereocenters. The minimum atomic E-state index is -1.02. The molecule has 0 fully saturated rings. The Morgan fingerprint density at radius 1 is 1.00 bits per heavy atom. The van der Waals surface area contributed by atoms with Gasteiger partial charge in [0.05, 0.1) is 6.20 Å². The first-order chi connectivity index (χ1) is 7.21. The minimum Gasteiger partial charge on any atom is -0.381 e. The summed E-state index contributed by atoms with van der Waals surface area (Å²) >= 11 is 0. The third-order valence-corrected chi connectivity index (χ3v) is 2.48. The van der Waals surface area contributed by atoms with Crippen molar-refractivity contribution in [2.45, 2.75) is 12.5 Å². The SMILES string of the molecule is CC(O)(c1ccccc1)c1ccnnc1. The van der Waals surface area contributed by atoms with Crippen LogP contribution in [0, 0.1) is 0 Å². The second kappa shape index (κ2) is 3.79. The quantitative estimate of drug-likeness (QED) is 0.803. The average molecular weight is 200 g/mol. The van der Waals surface area contributed by atoms with Crippen molar-refractivity contribution in [1.29, 1.82) is 0 Å². The summed E-state index contributed by atoms with van der Waals surface area (Å²) in [5.41, 5.74) is 0.568. The molecule has 0 saturated carbocycles. The Labute approximate surface area is 88.4 Å². The van der Waals surface area contributed by atoms with E-state index in [1.54, 1.807) is 25.4 Å². The smallest absolute Gasteiger partial charge is 0.113 e. The predicted molar refractivity (Wildman–Crippen MR) is 57.1 cm³/mol. The maximum Gasteiger partial charge on any atom is 0.113 e. The summed E-state index contributed by atoms with van der Waals surface area (Å²) in [6.07, 6.45) is 3.15. The van der Waals surface area contributed by atoms with Crippen LogP contribution in [0.15, 0.2) is 48.8 Å². The molecule has 1 atom stereocenters. The molecular weight excluding hydrogens is 188 g/mol. The molecule has 0 aliphatic heterocycles. The molecule has 0 bridgehead atoms. The molecule has 1 aromatic heterocycles. The minimum absolute atomic E-state index is 0.740. The van der Waals surface area contributed by atoms with Gasteiger partial charge in [0, 0.05) is 11.8 Å². The molecule has 0 amide bonds. The van der Waals surface area contributed by atoms with Gasteiger partial charge in [0.1, 0.15) is 5.60 Å². The zero-order valence-electron chi connectivity index (χ0n) is 8.46. The van der Waals surface area contributed by atoms with Crippen LogP contribution in [0.1, 0.15) is 18.1 Å². The third kappa shape index (κ3) is 1.87. The van der Waals surface area contributed by atoms with Crippen LogP contribution in [-0.4, -0.2) is 15.3 Å². The topological polar surface area (TPSA) is 46.0 Å². The van der Waals surface area contributed by atoms with E-state index in [9.17, 15) is 5.11 Å².